The molecular weight excluding hydrogens is 187 g/mol. The first kappa shape index (κ1) is 10.5. The average molecular weight is 198 g/mol. The van der Waals surface area contributed by atoms with Crippen molar-refractivity contribution in [3.05, 3.63) is 29.6 Å². The average Bonchev–Trinajstić information content (AvgIpc) is 2.19. The largest absolute Gasteiger partial charge is 0.494 e. The molecular formula is C10H11FO3. The quantitative estimate of drug-likeness (QED) is 0.697. The molecule has 76 valence electrons. The predicted molar refractivity (Wildman–Crippen MR) is 48.9 cm³/mol. The molecule has 0 heterocycles. The van der Waals surface area contributed by atoms with E-state index in [4.69, 9.17) is 9.47 Å². The molecule has 0 fully saturated rings. The minimum Gasteiger partial charge on any atom is -0.494 e. The van der Waals surface area contributed by atoms with E-state index >= 15 is 0 Å². The Morgan fingerprint density at radius 3 is 2.79 bits per heavy atom. The van der Waals surface area contributed by atoms with Gasteiger partial charge in [-0.2, -0.15) is 0 Å². The van der Waals surface area contributed by atoms with Gasteiger partial charge >= 0.3 is 5.97 Å². The third-order valence-electron chi connectivity index (χ3n) is 1.66. The fourth-order valence-electron chi connectivity index (χ4n) is 1.00. The zero-order valence-electron chi connectivity index (χ0n) is 8.04. The zero-order chi connectivity index (χ0) is 10.6. The van der Waals surface area contributed by atoms with Crippen LogP contribution in [0.5, 0.6) is 5.75 Å². The number of benzene rings is 1. The van der Waals surface area contributed by atoms with Gasteiger partial charge in [-0.3, -0.25) is 0 Å². The molecule has 14 heavy (non-hydrogen) atoms. The first-order valence-electron chi connectivity index (χ1n) is 4.19. The van der Waals surface area contributed by atoms with Crippen molar-refractivity contribution < 1.29 is 18.7 Å². The number of rotatable bonds is 3. The van der Waals surface area contributed by atoms with Gasteiger partial charge in [-0.05, 0) is 25.1 Å². The van der Waals surface area contributed by atoms with Crippen molar-refractivity contribution in [1.82, 2.24) is 0 Å². The molecule has 0 saturated heterocycles. The van der Waals surface area contributed by atoms with Crippen molar-refractivity contribution in [3.8, 4) is 5.75 Å². The van der Waals surface area contributed by atoms with E-state index in [-0.39, 0.29) is 11.3 Å². The molecule has 0 aromatic heterocycles. The molecule has 1 rings (SSSR count). The molecule has 0 saturated carbocycles. The molecule has 4 heteroatoms. The summed E-state index contributed by atoms with van der Waals surface area (Å²) in [6.07, 6.45) is 0. The fourth-order valence-corrected chi connectivity index (χ4v) is 1.00. The van der Waals surface area contributed by atoms with Crippen LogP contribution in [0.4, 0.5) is 4.39 Å². The van der Waals surface area contributed by atoms with Crippen LogP contribution in [-0.4, -0.2) is 19.7 Å². The van der Waals surface area contributed by atoms with E-state index in [1.165, 1.54) is 25.3 Å². The second-order valence-corrected chi connectivity index (χ2v) is 2.57. The van der Waals surface area contributed by atoms with Gasteiger partial charge in [-0.25, -0.2) is 9.18 Å². The summed E-state index contributed by atoms with van der Waals surface area (Å²) in [5.41, 5.74) is 0.283. The van der Waals surface area contributed by atoms with Gasteiger partial charge in [0.25, 0.3) is 0 Å². The minimum atomic E-state index is -0.499. The van der Waals surface area contributed by atoms with E-state index in [1.807, 2.05) is 0 Å². The van der Waals surface area contributed by atoms with Crippen LogP contribution in [0.1, 0.15) is 17.3 Å². The zero-order valence-corrected chi connectivity index (χ0v) is 8.04. The number of hydrogen-bond donors (Lipinski definition) is 0. The summed E-state index contributed by atoms with van der Waals surface area (Å²) in [5, 5.41) is 0. The number of ether oxygens (including phenoxy) is 2. The highest BCUT2D eigenvalue weighted by molar-refractivity contribution is 5.89. The number of halogens is 1. The van der Waals surface area contributed by atoms with Crippen molar-refractivity contribution >= 4 is 5.97 Å². The fraction of sp³-hybridized carbons (Fsp3) is 0.300. The van der Waals surface area contributed by atoms with Crippen LogP contribution in [0.3, 0.4) is 0 Å². The monoisotopic (exact) mass is 198 g/mol. The molecule has 1 aromatic carbocycles. The molecule has 0 amide bonds. The molecule has 0 unspecified atom stereocenters. The lowest BCUT2D eigenvalue weighted by atomic mass is 10.2. The van der Waals surface area contributed by atoms with E-state index in [1.54, 1.807) is 6.92 Å². The maximum absolute atomic E-state index is 12.9. The normalized spacial score (nSPS) is 9.64. The lowest BCUT2D eigenvalue weighted by Crippen LogP contribution is -2.05. The summed E-state index contributed by atoms with van der Waals surface area (Å²) >= 11 is 0. The first-order chi connectivity index (χ1) is 6.69. The van der Waals surface area contributed by atoms with Crippen LogP contribution in [0, 0.1) is 5.82 Å². The summed E-state index contributed by atoms with van der Waals surface area (Å²) in [4.78, 5) is 11.2. The molecule has 0 spiro atoms. The van der Waals surface area contributed by atoms with Crippen LogP contribution in [0.25, 0.3) is 0 Å². The lowest BCUT2D eigenvalue weighted by Gasteiger charge is -2.04. The Morgan fingerprint density at radius 2 is 2.21 bits per heavy atom. The number of carbonyl (C=O) groups is 1. The topological polar surface area (TPSA) is 35.5 Å². The van der Waals surface area contributed by atoms with Gasteiger partial charge in [-0.1, -0.05) is 0 Å². The molecule has 0 aliphatic rings. The summed E-state index contributed by atoms with van der Waals surface area (Å²) in [5.74, 6) is -0.943. The Balaban J connectivity index is 2.94. The maximum atomic E-state index is 12.9. The summed E-state index contributed by atoms with van der Waals surface area (Å²) in [6, 6.07) is 3.84. The molecule has 0 radical (unpaired) electrons. The van der Waals surface area contributed by atoms with Crippen molar-refractivity contribution in [2.75, 3.05) is 13.7 Å². The Morgan fingerprint density at radius 1 is 1.50 bits per heavy atom. The number of methoxy groups -OCH3 is 1. The van der Waals surface area contributed by atoms with Gasteiger partial charge in [0.05, 0.1) is 19.3 Å². The maximum Gasteiger partial charge on any atom is 0.338 e. The van der Waals surface area contributed by atoms with Gasteiger partial charge < -0.3 is 9.47 Å². The molecule has 0 bridgehead atoms. The van der Waals surface area contributed by atoms with Crippen LogP contribution in [-0.2, 0) is 4.74 Å². The van der Waals surface area contributed by atoms with Crippen LogP contribution in [0.2, 0.25) is 0 Å². The van der Waals surface area contributed by atoms with E-state index in [0.29, 0.717) is 6.61 Å². The summed E-state index contributed by atoms with van der Waals surface area (Å²) < 4.78 is 22.4. The summed E-state index contributed by atoms with van der Waals surface area (Å²) in [7, 11) is 1.34. The second-order valence-electron chi connectivity index (χ2n) is 2.57. The Labute approximate surface area is 81.4 Å². The highest BCUT2D eigenvalue weighted by atomic mass is 19.1. The minimum absolute atomic E-state index is 0.0375. The highest BCUT2D eigenvalue weighted by Crippen LogP contribution is 2.18. The lowest BCUT2D eigenvalue weighted by molar-refractivity contribution is 0.0526. The molecule has 0 N–H and O–H groups in total. The van der Waals surface area contributed by atoms with Crippen LogP contribution < -0.4 is 4.74 Å². The third-order valence-corrected chi connectivity index (χ3v) is 1.66. The van der Waals surface area contributed by atoms with Gasteiger partial charge in [0, 0.05) is 0 Å². The highest BCUT2D eigenvalue weighted by Gasteiger charge is 2.10. The Bertz CT molecular complexity index is 336. The smallest absolute Gasteiger partial charge is 0.338 e. The molecule has 0 aliphatic carbocycles. The number of hydrogen-bond acceptors (Lipinski definition) is 3. The summed E-state index contributed by atoms with van der Waals surface area (Å²) in [6.45, 7) is 2.00. The molecule has 3 nitrogen and oxygen atoms in total. The van der Waals surface area contributed by atoms with Crippen molar-refractivity contribution in [2.24, 2.45) is 0 Å². The third kappa shape index (κ3) is 2.22. The predicted octanol–water partition coefficient (Wildman–Crippen LogP) is 2.01. The Hall–Kier alpha value is -1.58. The first-order valence-corrected chi connectivity index (χ1v) is 4.19. The van der Waals surface area contributed by atoms with Gasteiger partial charge in [0.1, 0.15) is 0 Å². The Kier molecular flexibility index (Phi) is 3.45. The van der Waals surface area contributed by atoms with E-state index in [2.05, 4.69) is 0 Å². The van der Waals surface area contributed by atoms with E-state index < -0.39 is 11.8 Å². The SMILES string of the molecule is CCOC(=O)c1ccc(F)c(OC)c1. The molecule has 0 aliphatic heterocycles. The van der Waals surface area contributed by atoms with E-state index in [0.717, 1.165) is 0 Å². The number of esters is 1. The van der Waals surface area contributed by atoms with Crippen molar-refractivity contribution in [3.63, 3.8) is 0 Å². The van der Waals surface area contributed by atoms with Crippen molar-refractivity contribution in [1.29, 1.82) is 0 Å². The van der Waals surface area contributed by atoms with Gasteiger partial charge in [-0.15, -0.1) is 0 Å². The molecule has 1 aromatic rings. The van der Waals surface area contributed by atoms with E-state index in [9.17, 15) is 9.18 Å². The molecule has 0 atom stereocenters. The van der Waals surface area contributed by atoms with Gasteiger partial charge in [0.2, 0.25) is 0 Å². The van der Waals surface area contributed by atoms with Crippen LogP contribution in [0.15, 0.2) is 18.2 Å². The second kappa shape index (κ2) is 4.60. The standard InChI is InChI=1S/C10H11FO3/c1-3-14-10(12)7-4-5-8(11)9(6-7)13-2/h4-6H,3H2,1-2H3. The number of carbonyl (C=O) groups excluding carboxylic acids is 1. The van der Waals surface area contributed by atoms with Crippen molar-refractivity contribution in [2.45, 2.75) is 6.92 Å². The van der Waals surface area contributed by atoms with Crippen LogP contribution >= 0.6 is 0 Å². The van der Waals surface area contributed by atoms with Gasteiger partial charge in [0.15, 0.2) is 11.6 Å².